The number of hydrogen-bond acceptors (Lipinski definition) is 9. The molecular formula is C22H20N4O6S. The summed E-state index contributed by atoms with van der Waals surface area (Å²) >= 11 is 1.48. The minimum atomic E-state index is -0.576. The fourth-order valence-electron chi connectivity index (χ4n) is 3.29. The van der Waals surface area contributed by atoms with Crippen LogP contribution in [0.5, 0.6) is 17.2 Å². The van der Waals surface area contributed by atoms with Crippen LogP contribution in [0.4, 0.5) is 0 Å². The van der Waals surface area contributed by atoms with Gasteiger partial charge in [0.15, 0.2) is 11.5 Å². The molecule has 0 aliphatic carbocycles. The second-order valence-corrected chi connectivity index (χ2v) is 7.75. The number of thiophene rings is 1. The zero-order valence-electron chi connectivity index (χ0n) is 18.2. The third-order valence-electron chi connectivity index (χ3n) is 4.85. The van der Waals surface area contributed by atoms with Crippen molar-refractivity contribution >= 4 is 34.3 Å². The van der Waals surface area contributed by atoms with Gasteiger partial charge >= 0.3 is 0 Å². The molecule has 0 aliphatic heterocycles. The molecule has 11 heteroatoms. The first kappa shape index (κ1) is 22.1. The maximum absolute atomic E-state index is 13.0. The highest BCUT2D eigenvalue weighted by molar-refractivity contribution is 7.13. The average Bonchev–Trinajstić information content (AvgIpc) is 3.51. The molecule has 4 rings (SSSR count). The number of pyridine rings is 1. The lowest BCUT2D eigenvalue weighted by Gasteiger charge is -2.14. The molecule has 0 fully saturated rings. The monoisotopic (exact) mass is 468 g/mol. The molecular weight excluding hydrogens is 448 g/mol. The van der Waals surface area contributed by atoms with Crippen LogP contribution < -0.4 is 25.1 Å². The Morgan fingerprint density at radius 2 is 1.70 bits per heavy atom. The predicted octanol–water partition coefficient (Wildman–Crippen LogP) is 3.36. The van der Waals surface area contributed by atoms with Gasteiger partial charge in [-0.3, -0.25) is 20.4 Å². The SMILES string of the molecule is COc1cc(C(=O)NNC(=O)c2cc(-c3cccs3)nc3onc(C)c23)cc(OC)c1OC. The number of nitrogens with one attached hydrogen (secondary N) is 2. The van der Waals surface area contributed by atoms with Crippen molar-refractivity contribution in [2.75, 3.05) is 21.3 Å². The fraction of sp³-hybridized carbons (Fsp3) is 0.182. The topological polar surface area (TPSA) is 125 Å². The molecule has 0 aliphatic rings. The number of hydrazine groups is 1. The summed E-state index contributed by atoms with van der Waals surface area (Å²) in [6.45, 7) is 1.71. The third-order valence-corrected chi connectivity index (χ3v) is 5.74. The van der Waals surface area contributed by atoms with Gasteiger partial charge < -0.3 is 18.7 Å². The molecule has 0 spiro atoms. The molecule has 0 unspecified atom stereocenters. The lowest BCUT2D eigenvalue weighted by Crippen LogP contribution is -2.41. The molecule has 0 atom stereocenters. The van der Waals surface area contributed by atoms with Gasteiger partial charge in [0.1, 0.15) is 0 Å². The van der Waals surface area contributed by atoms with E-state index in [-0.39, 0.29) is 16.8 Å². The van der Waals surface area contributed by atoms with Crippen LogP contribution in [-0.2, 0) is 0 Å². The Balaban J connectivity index is 1.61. The van der Waals surface area contributed by atoms with Gasteiger partial charge in [-0.2, -0.15) is 0 Å². The molecule has 2 N–H and O–H groups in total. The molecule has 3 heterocycles. The molecule has 0 radical (unpaired) electrons. The number of benzene rings is 1. The number of carbonyl (C=O) groups excluding carboxylic acids is 2. The third kappa shape index (κ3) is 4.17. The van der Waals surface area contributed by atoms with E-state index in [0.29, 0.717) is 34.0 Å². The van der Waals surface area contributed by atoms with E-state index in [1.165, 1.54) is 44.8 Å². The van der Waals surface area contributed by atoms with Crippen molar-refractivity contribution in [1.29, 1.82) is 0 Å². The van der Waals surface area contributed by atoms with Gasteiger partial charge in [-0.05, 0) is 36.6 Å². The van der Waals surface area contributed by atoms with Crippen LogP contribution in [0, 0.1) is 6.92 Å². The summed E-state index contributed by atoms with van der Waals surface area (Å²) in [5, 5.41) is 6.29. The summed E-state index contributed by atoms with van der Waals surface area (Å²) in [6.07, 6.45) is 0. The maximum Gasteiger partial charge on any atom is 0.270 e. The Labute approximate surface area is 192 Å². The number of aryl methyl sites for hydroxylation is 1. The van der Waals surface area contributed by atoms with Gasteiger partial charge in [-0.15, -0.1) is 11.3 Å². The van der Waals surface area contributed by atoms with Crippen molar-refractivity contribution in [3.63, 3.8) is 0 Å². The van der Waals surface area contributed by atoms with Gasteiger partial charge in [0.2, 0.25) is 5.75 Å². The van der Waals surface area contributed by atoms with E-state index < -0.39 is 11.8 Å². The summed E-state index contributed by atoms with van der Waals surface area (Å²) in [5.41, 5.74) is 6.63. The number of amides is 2. The summed E-state index contributed by atoms with van der Waals surface area (Å²) in [7, 11) is 4.36. The lowest BCUT2D eigenvalue weighted by atomic mass is 10.1. The fourth-order valence-corrected chi connectivity index (χ4v) is 3.98. The van der Waals surface area contributed by atoms with Crippen LogP contribution in [0.1, 0.15) is 26.4 Å². The van der Waals surface area contributed by atoms with Gasteiger partial charge in [0, 0.05) is 5.56 Å². The summed E-state index contributed by atoms with van der Waals surface area (Å²) < 4.78 is 21.1. The maximum atomic E-state index is 13.0. The van der Waals surface area contributed by atoms with E-state index >= 15 is 0 Å². The van der Waals surface area contributed by atoms with Crippen LogP contribution in [0.15, 0.2) is 40.2 Å². The Morgan fingerprint density at radius 3 is 2.30 bits per heavy atom. The summed E-state index contributed by atoms with van der Waals surface area (Å²) in [6, 6.07) is 8.36. The molecule has 0 saturated heterocycles. The second-order valence-electron chi connectivity index (χ2n) is 6.80. The first-order valence-electron chi connectivity index (χ1n) is 9.68. The van der Waals surface area contributed by atoms with Crippen LogP contribution in [0.3, 0.4) is 0 Å². The number of fused-ring (bicyclic) bond motifs is 1. The summed E-state index contributed by atoms with van der Waals surface area (Å²) in [5.74, 6) is -0.153. The van der Waals surface area contributed by atoms with E-state index in [0.717, 1.165) is 4.88 Å². The number of methoxy groups -OCH3 is 3. The van der Waals surface area contributed by atoms with Gasteiger partial charge in [-0.25, -0.2) is 4.98 Å². The van der Waals surface area contributed by atoms with E-state index in [1.54, 1.807) is 13.0 Å². The standard InChI is InChI=1S/C22H20N4O6S/c1-11-18-13(10-14(17-6-5-7-33-17)23-22(18)32-26-11)21(28)25-24-20(27)12-8-15(29-2)19(31-4)16(9-12)30-3/h5-10H,1-4H3,(H,24,27)(H,25,28). The number of nitrogens with zero attached hydrogens (tertiary/aromatic N) is 2. The highest BCUT2D eigenvalue weighted by atomic mass is 32.1. The highest BCUT2D eigenvalue weighted by Gasteiger charge is 2.21. The van der Waals surface area contributed by atoms with Crippen LogP contribution in [0.25, 0.3) is 21.7 Å². The molecule has 3 aromatic heterocycles. The van der Waals surface area contributed by atoms with Crippen LogP contribution in [-0.4, -0.2) is 43.3 Å². The molecule has 0 saturated carbocycles. The zero-order valence-corrected chi connectivity index (χ0v) is 19.0. The quantitative estimate of drug-likeness (QED) is 0.413. The number of hydrogen-bond donors (Lipinski definition) is 2. The van der Waals surface area contributed by atoms with Crippen molar-refractivity contribution in [2.45, 2.75) is 6.92 Å². The predicted molar refractivity (Wildman–Crippen MR) is 121 cm³/mol. The van der Waals surface area contributed by atoms with Crippen LogP contribution in [0.2, 0.25) is 0 Å². The largest absolute Gasteiger partial charge is 0.493 e. The van der Waals surface area contributed by atoms with Crippen molar-refractivity contribution in [1.82, 2.24) is 21.0 Å². The lowest BCUT2D eigenvalue weighted by molar-refractivity contribution is 0.0847. The molecule has 1 aromatic carbocycles. The van der Waals surface area contributed by atoms with Crippen molar-refractivity contribution in [3.8, 4) is 27.8 Å². The number of aromatic nitrogens is 2. The van der Waals surface area contributed by atoms with Crippen molar-refractivity contribution < 1.29 is 28.3 Å². The Hall–Kier alpha value is -4.12. The highest BCUT2D eigenvalue weighted by Crippen LogP contribution is 2.38. The second kappa shape index (κ2) is 9.17. The van der Waals surface area contributed by atoms with Crippen molar-refractivity contribution in [3.05, 3.63) is 52.5 Å². The molecule has 170 valence electrons. The van der Waals surface area contributed by atoms with E-state index in [1.807, 2.05) is 17.5 Å². The summed E-state index contributed by atoms with van der Waals surface area (Å²) in [4.78, 5) is 31.1. The first-order chi connectivity index (χ1) is 16.0. The first-order valence-corrected chi connectivity index (χ1v) is 10.6. The Kier molecular flexibility index (Phi) is 6.13. The number of rotatable bonds is 6. The van der Waals surface area contributed by atoms with Gasteiger partial charge in [0.05, 0.1) is 48.5 Å². The molecule has 4 aromatic rings. The molecule has 10 nitrogen and oxygen atoms in total. The molecule has 33 heavy (non-hydrogen) atoms. The van der Waals surface area contributed by atoms with E-state index in [4.69, 9.17) is 18.7 Å². The van der Waals surface area contributed by atoms with E-state index in [9.17, 15) is 9.59 Å². The van der Waals surface area contributed by atoms with Gasteiger partial charge in [0.25, 0.3) is 17.5 Å². The van der Waals surface area contributed by atoms with Crippen molar-refractivity contribution in [2.24, 2.45) is 0 Å². The van der Waals surface area contributed by atoms with Crippen LogP contribution >= 0.6 is 11.3 Å². The molecule has 0 bridgehead atoms. The number of ether oxygens (including phenoxy) is 3. The minimum absolute atomic E-state index is 0.199. The Bertz CT molecular complexity index is 1310. The normalized spacial score (nSPS) is 10.7. The minimum Gasteiger partial charge on any atom is -0.493 e. The number of carbonyl (C=O) groups is 2. The smallest absolute Gasteiger partial charge is 0.270 e. The Morgan fingerprint density at radius 1 is 1.00 bits per heavy atom. The average molecular weight is 468 g/mol. The van der Waals surface area contributed by atoms with E-state index in [2.05, 4.69) is 21.0 Å². The van der Waals surface area contributed by atoms with Gasteiger partial charge in [-0.1, -0.05) is 11.2 Å². The zero-order chi connectivity index (χ0) is 23.5. The molecule has 2 amide bonds.